The first-order valence-electron chi connectivity index (χ1n) is 8.47. The van der Waals surface area contributed by atoms with Crippen molar-refractivity contribution in [2.75, 3.05) is 31.1 Å². The third-order valence-electron chi connectivity index (χ3n) is 4.32. The standard InChI is InChI=1S/C18H29N3O2S/c1-14(19-24(23)18(3,4)5)16-6-8-17(9-7-16)21-12-10-20(11-13-21)15(2)22/h6-9,14,19H,10-13H2,1-5H3/t14-,24?/m1/s1. The highest BCUT2D eigenvalue weighted by atomic mass is 32.2. The maximum absolute atomic E-state index is 12.2. The van der Waals surface area contributed by atoms with E-state index >= 15 is 0 Å². The minimum Gasteiger partial charge on any atom is -0.368 e. The van der Waals surface area contributed by atoms with Crippen LogP contribution in [-0.4, -0.2) is 45.9 Å². The highest BCUT2D eigenvalue weighted by Crippen LogP contribution is 2.22. The average Bonchev–Trinajstić information content (AvgIpc) is 2.54. The Morgan fingerprint density at radius 2 is 1.67 bits per heavy atom. The normalized spacial score (nSPS) is 18.4. The lowest BCUT2D eigenvalue weighted by Crippen LogP contribution is -2.48. The highest BCUT2D eigenvalue weighted by molar-refractivity contribution is 7.84. The molecule has 6 heteroatoms. The van der Waals surface area contributed by atoms with Crippen molar-refractivity contribution in [1.29, 1.82) is 0 Å². The van der Waals surface area contributed by atoms with Crippen LogP contribution in [0.2, 0.25) is 0 Å². The Hall–Kier alpha value is -1.40. The third kappa shape index (κ3) is 4.80. The number of benzene rings is 1. The van der Waals surface area contributed by atoms with E-state index < -0.39 is 11.0 Å². The number of rotatable bonds is 4. The van der Waals surface area contributed by atoms with Crippen LogP contribution >= 0.6 is 0 Å². The van der Waals surface area contributed by atoms with Gasteiger partial charge < -0.3 is 9.80 Å². The molecule has 1 aliphatic rings. The van der Waals surface area contributed by atoms with Crippen molar-refractivity contribution in [2.45, 2.75) is 45.4 Å². The van der Waals surface area contributed by atoms with Gasteiger partial charge in [0.15, 0.2) is 0 Å². The number of carbonyl (C=O) groups is 1. The molecule has 1 amide bonds. The van der Waals surface area contributed by atoms with Gasteiger partial charge in [0.1, 0.15) is 0 Å². The molecular formula is C18H29N3O2S. The second-order valence-corrected chi connectivity index (χ2v) is 9.30. The van der Waals surface area contributed by atoms with Crippen LogP contribution in [0.4, 0.5) is 5.69 Å². The van der Waals surface area contributed by atoms with Crippen molar-refractivity contribution in [1.82, 2.24) is 9.62 Å². The van der Waals surface area contributed by atoms with E-state index in [4.69, 9.17) is 0 Å². The number of nitrogens with one attached hydrogen (secondary N) is 1. The third-order valence-corrected chi connectivity index (χ3v) is 6.00. The van der Waals surface area contributed by atoms with Gasteiger partial charge in [-0.25, -0.2) is 8.93 Å². The summed E-state index contributed by atoms with van der Waals surface area (Å²) in [7, 11) is -1.08. The number of anilines is 1. The molecule has 0 radical (unpaired) electrons. The Bertz CT molecular complexity index is 587. The summed E-state index contributed by atoms with van der Waals surface area (Å²) in [6, 6.07) is 8.43. The van der Waals surface area contributed by atoms with Crippen LogP contribution in [-0.2, 0) is 15.8 Å². The van der Waals surface area contributed by atoms with E-state index in [-0.39, 0.29) is 16.7 Å². The van der Waals surface area contributed by atoms with Crippen molar-refractivity contribution in [3.63, 3.8) is 0 Å². The van der Waals surface area contributed by atoms with Crippen LogP contribution in [0.1, 0.15) is 46.2 Å². The summed E-state index contributed by atoms with van der Waals surface area (Å²) in [5.41, 5.74) is 2.30. The lowest BCUT2D eigenvalue weighted by Gasteiger charge is -2.35. The van der Waals surface area contributed by atoms with Gasteiger partial charge in [-0.2, -0.15) is 0 Å². The molecule has 0 aromatic heterocycles. The highest BCUT2D eigenvalue weighted by Gasteiger charge is 2.22. The molecule has 0 bridgehead atoms. The molecular weight excluding hydrogens is 322 g/mol. The largest absolute Gasteiger partial charge is 0.368 e. The van der Waals surface area contributed by atoms with Crippen molar-refractivity contribution in [2.24, 2.45) is 0 Å². The summed E-state index contributed by atoms with van der Waals surface area (Å²) in [6.45, 7) is 12.8. The van der Waals surface area contributed by atoms with Gasteiger partial charge in [0, 0.05) is 44.8 Å². The number of carbonyl (C=O) groups excluding carboxylic acids is 1. The molecule has 0 aliphatic carbocycles. The summed E-state index contributed by atoms with van der Waals surface area (Å²) >= 11 is 0. The molecule has 134 valence electrons. The van der Waals surface area contributed by atoms with Crippen LogP contribution < -0.4 is 9.62 Å². The lowest BCUT2D eigenvalue weighted by atomic mass is 10.1. The minimum absolute atomic E-state index is 0.0358. The van der Waals surface area contributed by atoms with Crippen LogP contribution in [0.15, 0.2) is 24.3 Å². The summed E-state index contributed by atoms with van der Waals surface area (Å²) < 4.78 is 15.1. The van der Waals surface area contributed by atoms with Gasteiger partial charge in [-0.15, -0.1) is 0 Å². The zero-order valence-corrected chi connectivity index (χ0v) is 16.2. The maximum atomic E-state index is 12.2. The Balaban J connectivity index is 1.96. The van der Waals surface area contributed by atoms with Crippen LogP contribution in [0.25, 0.3) is 0 Å². The zero-order valence-electron chi connectivity index (χ0n) is 15.3. The predicted octanol–water partition coefficient (Wildman–Crippen LogP) is 2.47. The van der Waals surface area contributed by atoms with Crippen molar-refractivity contribution < 1.29 is 9.00 Å². The maximum Gasteiger partial charge on any atom is 0.219 e. The van der Waals surface area contributed by atoms with E-state index in [1.807, 2.05) is 32.6 Å². The van der Waals surface area contributed by atoms with Crippen LogP contribution in [0.3, 0.4) is 0 Å². The van der Waals surface area contributed by atoms with Gasteiger partial charge in [-0.3, -0.25) is 4.79 Å². The molecule has 2 rings (SSSR count). The molecule has 1 aromatic carbocycles. The first kappa shape index (κ1) is 18.9. The molecule has 2 atom stereocenters. The number of hydrogen-bond donors (Lipinski definition) is 1. The molecule has 0 saturated carbocycles. The summed E-state index contributed by atoms with van der Waals surface area (Å²) in [5, 5.41) is 0. The van der Waals surface area contributed by atoms with Crippen LogP contribution in [0, 0.1) is 0 Å². The quantitative estimate of drug-likeness (QED) is 0.907. The fourth-order valence-corrected chi connectivity index (χ4v) is 3.47. The fraction of sp³-hybridized carbons (Fsp3) is 0.611. The molecule has 1 aromatic rings. The number of piperazine rings is 1. The molecule has 1 N–H and O–H groups in total. The zero-order chi connectivity index (χ0) is 17.9. The predicted molar refractivity (Wildman–Crippen MR) is 100 cm³/mol. The average molecular weight is 352 g/mol. The SMILES string of the molecule is CC(=O)N1CCN(c2ccc([C@@H](C)NS(=O)C(C)(C)C)cc2)CC1. The Kier molecular flexibility index (Phi) is 6.04. The van der Waals surface area contributed by atoms with E-state index in [1.165, 1.54) is 5.69 Å². The smallest absolute Gasteiger partial charge is 0.219 e. The number of nitrogens with zero attached hydrogens (tertiary/aromatic N) is 2. The van der Waals surface area contributed by atoms with Gasteiger partial charge in [0.2, 0.25) is 5.91 Å². The van der Waals surface area contributed by atoms with E-state index in [1.54, 1.807) is 6.92 Å². The molecule has 0 spiro atoms. The van der Waals surface area contributed by atoms with Gasteiger partial charge >= 0.3 is 0 Å². The molecule has 5 nitrogen and oxygen atoms in total. The summed E-state index contributed by atoms with van der Waals surface area (Å²) in [5.74, 6) is 0.150. The summed E-state index contributed by atoms with van der Waals surface area (Å²) in [4.78, 5) is 15.6. The van der Waals surface area contributed by atoms with Crippen molar-refractivity contribution in [3.05, 3.63) is 29.8 Å². The van der Waals surface area contributed by atoms with Gasteiger partial charge in [-0.05, 0) is 45.4 Å². The second kappa shape index (κ2) is 7.66. The Morgan fingerprint density at radius 1 is 1.12 bits per heavy atom. The Labute approximate surface area is 148 Å². The van der Waals surface area contributed by atoms with Gasteiger partial charge in [0.05, 0.1) is 15.7 Å². The molecule has 1 saturated heterocycles. The lowest BCUT2D eigenvalue weighted by molar-refractivity contribution is -0.129. The fourth-order valence-electron chi connectivity index (χ4n) is 2.66. The van der Waals surface area contributed by atoms with Crippen molar-refractivity contribution in [3.8, 4) is 0 Å². The van der Waals surface area contributed by atoms with E-state index in [2.05, 4.69) is 33.9 Å². The Morgan fingerprint density at radius 3 is 2.12 bits per heavy atom. The molecule has 1 unspecified atom stereocenters. The molecule has 1 fully saturated rings. The molecule has 24 heavy (non-hydrogen) atoms. The van der Waals surface area contributed by atoms with E-state index in [9.17, 15) is 9.00 Å². The summed E-state index contributed by atoms with van der Waals surface area (Å²) in [6.07, 6.45) is 0. The minimum atomic E-state index is -1.08. The van der Waals surface area contributed by atoms with E-state index in [0.29, 0.717) is 0 Å². The van der Waals surface area contributed by atoms with Crippen molar-refractivity contribution >= 4 is 22.6 Å². The van der Waals surface area contributed by atoms with Gasteiger partial charge in [0.25, 0.3) is 0 Å². The number of hydrogen-bond acceptors (Lipinski definition) is 3. The first-order chi connectivity index (χ1) is 11.2. The van der Waals surface area contributed by atoms with E-state index in [0.717, 1.165) is 31.7 Å². The van der Waals surface area contributed by atoms with Crippen LogP contribution in [0.5, 0.6) is 0 Å². The monoisotopic (exact) mass is 351 g/mol. The van der Waals surface area contributed by atoms with Gasteiger partial charge in [-0.1, -0.05) is 12.1 Å². The molecule has 1 aliphatic heterocycles. The topological polar surface area (TPSA) is 52.7 Å². The number of amides is 1. The molecule has 1 heterocycles. The first-order valence-corrected chi connectivity index (χ1v) is 9.62. The second-order valence-electron chi connectivity index (χ2n) is 7.31.